The van der Waals surface area contributed by atoms with E-state index in [2.05, 4.69) is 9.97 Å². The van der Waals surface area contributed by atoms with Crippen molar-refractivity contribution in [1.29, 1.82) is 5.26 Å². The zero-order valence-corrected chi connectivity index (χ0v) is 13.1. The van der Waals surface area contributed by atoms with Gasteiger partial charge in [-0.15, -0.1) is 0 Å². The predicted octanol–water partition coefficient (Wildman–Crippen LogP) is 4.07. The zero-order chi connectivity index (χ0) is 17.6. The Morgan fingerprint density at radius 3 is 2.24 bits per heavy atom. The van der Waals surface area contributed by atoms with E-state index in [-0.39, 0.29) is 11.1 Å². The van der Waals surface area contributed by atoms with Crippen LogP contribution in [0.1, 0.15) is 15.9 Å². The topological polar surface area (TPSA) is 66.6 Å². The molecule has 0 aliphatic rings. The van der Waals surface area contributed by atoms with E-state index in [9.17, 15) is 14.4 Å². The van der Waals surface area contributed by atoms with Gasteiger partial charge in [-0.1, -0.05) is 30.3 Å². The first-order valence-electron chi connectivity index (χ1n) is 7.47. The number of aromatic nitrogens is 2. The summed E-state index contributed by atoms with van der Waals surface area (Å²) in [6.45, 7) is 0. The molecule has 1 heterocycles. The summed E-state index contributed by atoms with van der Waals surface area (Å²) in [5, 5.41) is 9.25. The first-order chi connectivity index (χ1) is 12.2. The summed E-state index contributed by atoms with van der Waals surface area (Å²) in [5.74, 6) is -0.361. The van der Waals surface area contributed by atoms with Gasteiger partial charge in [-0.3, -0.25) is 4.79 Å². The summed E-state index contributed by atoms with van der Waals surface area (Å²) >= 11 is 0. The molecule has 3 rings (SSSR count). The normalized spacial score (nSPS) is 11.0. The lowest BCUT2D eigenvalue weighted by Crippen LogP contribution is -2.02. The van der Waals surface area contributed by atoms with Gasteiger partial charge in [0.15, 0.2) is 5.82 Å². The van der Waals surface area contributed by atoms with Crippen molar-refractivity contribution in [1.82, 2.24) is 9.97 Å². The van der Waals surface area contributed by atoms with E-state index in [0.29, 0.717) is 11.4 Å². The molecule has 4 nitrogen and oxygen atoms in total. The van der Waals surface area contributed by atoms with Crippen molar-refractivity contribution < 1.29 is 9.18 Å². The highest BCUT2D eigenvalue weighted by molar-refractivity contribution is 6.13. The van der Waals surface area contributed by atoms with Crippen LogP contribution in [0.15, 0.2) is 72.6 Å². The maximum atomic E-state index is 13.0. The molecule has 0 aliphatic heterocycles. The fourth-order valence-electron chi connectivity index (χ4n) is 2.22. The van der Waals surface area contributed by atoms with Crippen LogP contribution in [0.25, 0.3) is 17.5 Å². The number of nitriles is 1. The highest BCUT2D eigenvalue weighted by Crippen LogP contribution is 2.16. The monoisotopic (exact) mass is 329 g/mol. The van der Waals surface area contributed by atoms with Gasteiger partial charge in [-0.05, 0) is 30.3 Å². The van der Waals surface area contributed by atoms with E-state index in [4.69, 9.17) is 0 Å². The number of nitrogens with zero attached hydrogens (tertiary/aromatic N) is 3. The van der Waals surface area contributed by atoms with Crippen molar-refractivity contribution in [2.24, 2.45) is 0 Å². The third kappa shape index (κ3) is 3.82. The fourth-order valence-corrected chi connectivity index (χ4v) is 2.22. The SMILES string of the molecule is N#C/C(=C/c1cnc(-c2ccccc2)nc1)C(=O)c1ccc(F)cc1. The summed E-state index contributed by atoms with van der Waals surface area (Å²) in [6.07, 6.45) is 4.51. The minimum Gasteiger partial charge on any atom is -0.288 e. The third-order valence-corrected chi connectivity index (χ3v) is 3.49. The molecule has 120 valence electrons. The van der Waals surface area contributed by atoms with Gasteiger partial charge < -0.3 is 0 Å². The van der Waals surface area contributed by atoms with E-state index >= 15 is 0 Å². The number of rotatable bonds is 4. The molecule has 0 N–H and O–H groups in total. The van der Waals surface area contributed by atoms with E-state index < -0.39 is 11.6 Å². The van der Waals surface area contributed by atoms with Crippen LogP contribution < -0.4 is 0 Å². The maximum absolute atomic E-state index is 13.0. The number of hydrogen-bond donors (Lipinski definition) is 0. The first-order valence-corrected chi connectivity index (χ1v) is 7.47. The van der Waals surface area contributed by atoms with E-state index in [1.165, 1.54) is 30.3 Å². The quantitative estimate of drug-likeness (QED) is 0.411. The number of hydrogen-bond acceptors (Lipinski definition) is 4. The maximum Gasteiger partial charge on any atom is 0.203 e. The number of halogens is 1. The average molecular weight is 329 g/mol. The summed E-state index contributed by atoms with van der Waals surface area (Å²) in [5.41, 5.74) is 1.59. The number of Topliss-reactive ketones (excluding diaryl/α,β-unsaturated/α-hetero) is 1. The number of carbonyl (C=O) groups excluding carboxylic acids is 1. The Balaban J connectivity index is 1.86. The van der Waals surface area contributed by atoms with Crippen LogP contribution in [0, 0.1) is 17.1 Å². The van der Waals surface area contributed by atoms with Crippen molar-refractivity contribution in [2.75, 3.05) is 0 Å². The first kappa shape index (κ1) is 16.2. The van der Waals surface area contributed by atoms with Crippen LogP contribution in [0.2, 0.25) is 0 Å². The molecule has 0 radical (unpaired) electrons. The zero-order valence-electron chi connectivity index (χ0n) is 13.1. The van der Waals surface area contributed by atoms with Gasteiger partial charge in [-0.2, -0.15) is 5.26 Å². The van der Waals surface area contributed by atoms with Gasteiger partial charge in [-0.25, -0.2) is 14.4 Å². The Morgan fingerprint density at radius 1 is 1.00 bits per heavy atom. The highest BCUT2D eigenvalue weighted by Gasteiger charge is 2.12. The standard InChI is InChI=1S/C20H12FN3O/c21-18-8-6-15(7-9-18)19(25)17(11-22)10-14-12-23-20(24-13-14)16-4-2-1-3-5-16/h1-10,12-13H/b17-10-. The van der Waals surface area contributed by atoms with Crippen molar-refractivity contribution >= 4 is 11.9 Å². The van der Waals surface area contributed by atoms with Gasteiger partial charge in [0, 0.05) is 29.1 Å². The van der Waals surface area contributed by atoms with Gasteiger partial charge in [0.2, 0.25) is 5.78 Å². The lowest BCUT2D eigenvalue weighted by atomic mass is 10.0. The average Bonchev–Trinajstić information content (AvgIpc) is 2.67. The van der Waals surface area contributed by atoms with Crippen LogP contribution in [-0.2, 0) is 0 Å². The molecule has 0 atom stereocenters. The van der Waals surface area contributed by atoms with E-state index in [1.54, 1.807) is 12.4 Å². The molecule has 0 saturated carbocycles. The van der Waals surface area contributed by atoms with Crippen LogP contribution in [0.5, 0.6) is 0 Å². The minimum absolute atomic E-state index is 0.0670. The van der Waals surface area contributed by atoms with Crippen molar-refractivity contribution in [3.63, 3.8) is 0 Å². The molecule has 0 amide bonds. The van der Waals surface area contributed by atoms with Gasteiger partial charge in [0.25, 0.3) is 0 Å². The van der Waals surface area contributed by atoms with Gasteiger partial charge in [0.1, 0.15) is 17.5 Å². The predicted molar refractivity (Wildman–Crippen MR) is 91.8 cm³/mol. The fraction of sp³-hybridized carbons (Fsp3) is 0. The Bertz CT molecular complexity index is 957. The molecule has 0 aliphatic carbocycles. The Kier molecular flexibility index (Phi) is 4.72. The molecule has 3 aromatic rings. The summed E-state index contributed by atoms with van der Waals surface area (Å²) < 4.78 is 13.0. The summed E-state index contributed by atoms with van der Waals surface area (Å²) in [4.78, 5) is 20.8. The molecule has 2 aromatic carbocycles. The lowest BCUT2D eigenvalue weighted by molar-refractivity contribution is 0.104. The molecule has 0 saturated heterocycles. The molecule has 25 heavy (non-hydrogen) atoms. The lowest BCUT2D eigenvalue weighted by Gasteiger charge is -2.01. The molecule has 1 aromatic heterocycles. The summed E-state index contributed by atoms with van der Waals surface area (Å²) in [6, 6.07) is 16.4. The van der Waals surface area contributed by atoms with Crippen LogP contribution in [0.4, 0.5) is 4.39 Å². The molecule has 0 spiro atoms. The second kappa shape index (κ2) is 7.28. The molecule has 5 heteroatoms. The van der Waals surface area contributed by atoms with E-state index in [0.717, 1.165) is 5.56 Å². The number of carbonyl (C=O) groups is 1. The smallest absolute Gasteiger partial charge is 0.203 e. The Labute approximate surface area is 143 Å². The Morgan fingerprint density at radius 2 is 1.64 bits per heavy atom. The second-order valence-corrected chi connectivity index (χ2v) is 5.21. The van der Waals surface area contributed by atoms with Gasteiger partial charge >= 0.3 is 0 Å². The van der Waals surface area contributed by atoms with Crippen LogP contribution >= 0.6 is 0 Å². The number of benzene rings is 2. The molecule has 0 unspecified atom stereocenters. The number of allylic oxidation sites excluding steroid dienone is 1. The highest BCUT2D eigenvalue weighted by atomic mass is 19.1. The minimum atomic E-state index is -0.477. The van der Waals surface area contributed by atoms with Crippen molar-refractivity contribution in [2.45, 2.75) is 0 Å². The largest absolute Gasteiger partial charge is 0.288 e. The third-order valence-electron chi connectivity index (χ3n) is 3.49. The number of ketones is 1. The molecule has 0 fully saturated rings. The Hall–Kier alpha value is -3.65. The molecular weight excluding hydrogens is 317 g/mol. The van der Waals surface area contributed by atoms with Gasteiger partial charge in [0.05, 0.1) is 0 Å². The van der Waals surface area contributed by atoms with Crippen molar-refractivity contribution in [3.05, 3.63) is 89.5 Å². The molecular formula is C20H12FN3O. The van der Waals surface area contributed by atoms with Crippen LogP contribution in [0.3, 0.4) is 0 Å². The van der Waals surface area contributed by atoms with Crippen molar-refractivity contribution in [3.8, 4) is 17.5 Å². The van der Waals surface area contributed by atoms with Crippen LogP contribution in [-0.4, -0.2) is 15.8 Å². The molecule has 0 bridgehead atoms. The summed E-state index contributed by atoms with van der Waals surface area (Å²) in [7, 11) is 0. The van der Waals surface area contributed by atoms with E-state index in [1.807, 2.05) is 36.4 Å². The second-order valence-electron chi connectivity index (χ2n) is 5.21.